The van der Waals surface area contributed by atoms with Gasteiger partial charge >= 0.3 is 0 Å². The lowest BCUT2D eigenvalue weighted by molar-refractivity contribution is -0.141. The molecule has 23 heavy (non-hydrogen) atoms. The molecule has 3 rings (SSSR count). The SMILES string of the molecule is CC(C)C(=O)N1CCC[C@@H]1C(=O)N[C@@H]1CCc2ccccc2C1. The van der Waals surface area contributed by atoms with Crippen LogP contribution in [0.2, 0.25) is 0 Å². The summed E-state index contributed by atoms with van der Waals surface area (Å²) < 4.78 is 0. The maximum Gasteiger partial charge on any atom is 0.243 e. The second-order valence-electron chi connectivity index (χ2n) is 7.06. The van der Waals surface area contributed by atoms with E-state index in [2.05, 4.69) is 29.6 Å². The molecule has 2 amide bonds. The summed E-state index contributed by atoms with van der Waals surface area (Å²) in [4.78, 5) is 26.7. The Morgan fingerprint density at radius 3 is 2.65 bits per heavy atom. The van der Waals surface area contributed by atoms with Crippen LogP contribution in [0.5, 0.6) is 0 Å². The average Bonchev–Trinajstić information content (AvgIpc) is 3.03. The molecular formula is C19H26N2O2. The number of nitrogens with one attached hydrogen (secondary N) is 1. The van der Waals surface area contributed by atoms with Crippen molar-refractivity contribution in [2.75, 3.05) is 6.54 Å². The number of benzene rings is 1. The van der Waals surface area contributed by atoms with Crippen LogP contribution in [0.1, 0.15) is 44.2 Å². The third-order valence-corrected chi connectivity index (χ3v) is 5.03. The van der Waals surface area contributed by atoms with Crippen LogP contribution < -0.4 is 5.32 Å². The summed E-state index contributed by atoms with van der Waals surface area (Å²) in [5, 5.41) is 3.19. The molecule has 1 aromatic rings. The van der Waals surface area contributed by atoms with Crippen molar-refractivity contribution in [2.24, 2.45) is 5.92 Å². The maximum absolute atomic E-state index is 12.7. The van der Waals surface area contributed by atoms with Gasteiger partial charge in [0.15, 0.2) is 0 Å². The minimum Gasteiger partial charge on any atom is -0.351 e. The van der Waals surface area contributed by atoms with E-state index in [0.717, 1.165) is 32.1 Å². The molecule has 0 unspecified atom stereocenters. The van der Waals surface area contributed by atoms with Gasteiger partial charge in [0.2, 0.25) is 11.8 Å². The van der Waals surface area contributed by atoms with E-state index in [1.165, 1.54) is 11.1 Å². The lowest BCUT2D eigenvalue weighted by Gasteiger charge is -2.30. The van der Waals surface area contributed by atoms with E-state index in [0.29, 0.717) is 6.54 Å². The minimum atomic E-state index is -0.276. The molecule has 2 aliphatic rings. The molecule has 1 aliphatic carbocycles. The van der Waals surface area contributed by atoms with Crippen molar-refractivity contribution in [3.05, 3.63) is 35.4 Å². The lowest BCUT2D eigenvalue weighted by atomic mass is 9.88. The van der Waals surface area contributed by atoms with Crippen LogP contribution >= 0.6 is 0 Å². The number of amides is 2. The third kappa shape index (κ3) is 3.41. The molecule has 0 spiro atoms. The second kappa shape index (κ2) is 6.73. The van der Waals surface area contributed by atoms with E-state index >= 15 is 0 Å². The lowest BCUT2D eigenvalue weighted by Crippen LogP contribution is -2.50. The molecule has 2 atom stereocenters. The Balaban J connectivity index is 1.62. The molecule has 1 aromatic carbocycles. The van der Waals surface area contributed by atoms with Crippen LogP contribution in [0.15, 0.2) is 24.3 Å². The maximum atomic E-state index is 12.7. The Morgan fingerprint density at radius 2 is 1.91 bits per heavy atom. The first kappa shape index (κ1) is 16.0. The molecule has 1 aliphatic heterocycles. The standard InChI is InChI=1S/C19H26N2O2/c1-13(2)19(23)21-11-5-8-17(21)18(22)20-16-10-9-14-6-3-4-7-15(14)12-16/h3-4,6-7,13,16-17H,5,8-12H2,1-2H3,(H,20,22)/t16-,17-/m1/s1. The monoisotopic (exact) mass is 314 g/mol. The summed E-state index contributed by atoms with van der Waals surface area (Å²) in [5.74, 6) is 0.0717. The highest BCUT2D eigenvalue weighted by Gasteiger charge is 2.35. The predicted octanol–water partition coefficient (Wildman–Crippen LogP) is 2.31. The fourth-order valence-electron chi connectivity index (χ4n) is 3.75. The first-order valence-corrected chi connectivity index (χ1v) is 8.74. The number of fused-ring (bicyclic) bond motifs is 1. The van der Waals surface area contributed by atoms with Gasteiger partial charge in [-0.3, -0.25) is 9.59 Å². The van der Waals surface area contributed by atoms with Crippen molar-refractivity contribution >= 4 is 11.8 Å². The summed E-state index contributed by atoms with van der Waals surface area (Å²) in [6.07, 6.45) is 4.60. The van der Waals surface area contributed by atoms with Crippen molar-refractivity contribution in [2.45, 2.75) is 58.0 Å². The Hall–Kier alpha value is -1.84. The van der Waals surface area contributed by atoms with E-state index in [4.69, 9.17) is 0 Å². The average molecular weight is 314 g/mol. The molecule has 1 fully saturated rings. The second-order valence-corrected chi connectivity index (χ2v) is 7.06. The van der Waals surface area contributed by atoms with Gasteiger partial charge in [0.05, 0.1) is 0 Å². The van der Waals surface area contributed by atoms with Gasteiger partial charge in [-0.05, 0) is 43.2 Å². The van der Waals surface area contributed by atoms with Gasteiger partial charge in [-0.2, -0.15) is 0 Å². The van der Waals surface area contributed by atoms with Gasteiger partial charge in [-0.15, -0.1) is 0 Å². The quantitative estimate of drug-likeness (QED) is 0.931. The molecule has 1 saturated heterocycles. The topological polar surface area (TPSA) is 49.4 Å². The van der Waals surface area contributed by atoms with Gasteiger partial charge in [-0.1, -0.05) is 38.1 Å². The van der Waals surface area contributed by atoms with Crippen molar-refractivity contribution in [3.8, 4) is 0 Å². The summed E-state index contributed by atoms with van der Waals surface area (Å²) in [6.45, 7) is 4.50. The van der Waals surface area contributed by atoms with Crippen LogP contribution in [-0.2, 0) is 22.4 Å². The first-order chi connectivity index (χ1) is 11.1. The number of aryl methyl sites for hydroxylation is 1. The number of carbonyl (C=O) groups excluding carboxylic acids is 2. The van der Waals surface area contributed by atoms with E-state index in [9.17, 15) is 9.59 Å². The Bertz CT molecular complexity index is 597. The fourth-order valence-corrected chi connectivity index (χ4v) is 3.75. The molecule has 4 heteroatoms. The zero-order chi connectivity index (χ0) is 16.4. The molecule has 0 saturated carbocycles. The number of hydrogen-bond donors (Lipinski definition) is 1. The number of nitrogens with zero attached hydrogens (tertiary/aromatic N) is 1. The summed E-state index contributed by atoms with van der Waals surface area (Å²) >= 11 is 0. The summed E-state index contributed by atoms with van der Waals surface area (Å²) in [6, 6.07) is 8.37. The zero-order valence-electron chi connectivity index (χ0n) is 14.0. The van der Waals surface area contributed by atoms with Gasteiger partial charge in [0.1, 0.15) is 6.04 Å². The van der Waals surface area contributed by atoms with Gasteiger partial charge < -0.3 is 10.2 Å². The number of hydrogen-bond acceptors (Lipinski definition) is 2. The Labute approximate surface area is 138 Å². The van der Waals surface area contributed by atoms with Crippen molar-refractivity contribution in [1.29, 1.82) is 0 Å². The summed E-state index contributed by atoms with van der Waals surface area (Å²) in [7, 11) is 0. The summed E-state index contributed by atoms with van der Waals surface area (Å²) in [5.41, 5.74) is 2.74. The number of likely N-dealkylation sites (tertiary alicyclic amines) is 1. The van der Waals surface area contributed by atoms with Crippen LogP contribution in [0.4, 0.5) is 0 Å². The Morgan fingerprint density at radius 1 is 1.17 bits per heavy atom. The van der Waals surface area contributed by atoms with E-state index in [1.54, 1.807) is 4.90 Å². The highest BCUT2D eigenvalue weighted by Crippen LogP contribution is 2.23. The van der Waals surface area contributed by atoms with Gasteiger partial charge in [-0.25, -0.2) is 0 Å². The van der Waals surface area contributed by atoms with Crippen LogP contribution in [0.25, 0.3) is 0 Å². The normalized spacial score (nSPS) is 23.7. The van der Waals surface area contributed by atoms with Crippen molar-refractivity contribution < 1.29 is 9.59 Å². The molecule has 0 bridgehead atoms. The van der Waals surface area contributed by atoms with Crippen LogP contribution in [0.3, 0.4) is 0 Å². The molecule has 0 aromatic heterocycles. The fraction of sp³-hybridized carbons (Fsp3) is 0.579. The molecule has 1 heterocycles. The van der Waals surface area contributed by atoms with Crippen molar-refractivity contribution in [1.82, 2.24) is 10.2 Å². The highest BCUT2D eigenvalue weighted by molar-refractivity contribution is 5.89. The largest absolute Gasteiger partial charge is 0.351 e. The minimum absolute atomic E-state index is 0.0286. The molecular weight excluding hydrogens is 288 g/mol. The highest BCUT2D eigenvalue weighted by atomic mass is 16.2. The number of carbonyl (C=O) groups is 2. The third-order valence-electron chi connectivity index (χ3n) is 5.03. The molecule has 124 valence electrons. The molecule has 4 nitrogen and oxygen atoms in total. The van der Waals surface area contributed by atoms with Gasteiger partial charge in [0, 0.05) is 18.5 Å². The smallest absolute Gasteiger partial charge is 0.243 e. The van der Waals surface area contributed by atoms with E-state index < -0.39 is 0 Å². The van der Waals surface area contributed by atoms with E-state index in [-0.39, 0.29) is 29.8 Å². The number of rotatable bonds is 3. The van der Waals surface area contributed by atoms with Crippen LogP contribution in [-0.4, -0.2) is 35.3 Å². The predicted molar refractivity (Wildman–Crippen MR) is 90.0 cm³/mol. The van der Waals surface area contributed by atoms with Crippen molar-refractivity contribution in [3.63, 3.8) is 0 Å². The van der Waals surface area contributed by atoms with Gasteiger partial charge in [0.25, 0.3) is 0 Å². The zero-order valence-corrected chi connectivity index (χ0v) is 14.0. The van der Waals surface area contributed by atoms with E-state index in [1.807, 2.05) is 13.8 Å². The Kier molecular flexibility index (Phi) is 4.69. The van der Waals surface area contributed by atoms with Crippen LogP contribution in [0, 0.1) is 5.92 Å². The molecule has 1 N–H and O–H groups in total. The first-order valence-electron chi connectivity index (χ1n) is 8.74. The molecule has 0 radical (unpaired) electrons.